The zero-order valence-corrected chi connectivity index (χ0v) is 12.0. The third kappa shape index (κ3) is 4.75. The summed E-state index contributed by atoms with van der Waals surface area (Å²) in [7, 11) is 1.55. The van der Waals surface area contributed by atoms with Crippen molar-refractivity contribution in [2.75, 3.05) is 20.3 Å². The fourth-order valence-corrected chi connectivity index (χ4v) is 1.66. The first-order valence-corrected chi connectivity index (χ1v) is 6.55. The molecular weight excluding hydrogens is 260 g/mol. The Bertz CT molecular complexity index is 432. The van der Waals surface area contributed by atoms with Crippen LogP contribution in [0.25, 0.3) is 0 Å². The van der Waals surface area contributed by atoms with E-state index in [0.717, 1.165) is 0 Å². The summed E-state index contributed by atoms with van der Waals surface area (Å²) >= 11 is 0. The molecule has 0 saturated carbocycles. The molecule has 0 saturated heterocycles. The first-order chi connectivity index (χ1) is 9.62. The lowest BCUT2D eigenvalue weighted by Crippen LogP contribution is -2.29. The van der Waals surface area contributed by atoms with Crippen molar-refractivity contribution in [3.05, 3.63) is 29.8 Å². The minimum absolute atomic E-state index is 0.239. The smallest absolute Gasteiger partial charge is 0.218 e. The van der Waals surface area contributed by atoms with Gasteiger partial charge in [0.25, 0.3) is 0 Å². The lowest BCUT2D eigenvalue weighted by Gasteiger charge is -2.15. The normalized spacial score (nSPS) is 10.6. The molecule has 5 heteroatoms. The van der Waals surface area contributed by atoms with Crippen molar-refractivity contribution in [1.29, 1.82) is 0 Å². The molecule has 0 bridgehead atoms. The molecule has 0 spiro atoms. The van der Waals surface area contributed by atoms with E-state index in [-0.39, 0.29) is 18.0 Å². The molecule has 1 rings (SSSR count). The van der Waals surface area contributed by atoms with Gasteiger partial charge >= 0.3 is 0 Å². The average molecular weight is 280 g/mol. The van der Waals surface area contributed by atoms with Crippen LogP contribution in [0.5, 0.6) is 5.75 Å². The summed E-state index contributed by atoms with van der Waals surface area (Å²) in [5, 5.41) is 0. The molecule has 0 N–H and O–H groups in total. The van der Waals surface area contributed by atoms with Crippen LogP contribution in [0.2, 0.25) is 0 Å². The van der Waals surface area contributed by atoms with Crippen LogP contribution in [0, 0.1) is 0 Å². The monoisotopic (exact) mass is 280 g/mol. The molecule has 0 aliphatic carbocycles. The molecule has 0 aliphatic rings. The third-order valence-electron chi connectivity index (χ3n) is 2.65. The maximum atomic E-state index is 12.0. The van der Waals surface area contributed by atoms with E-state index < -0.39 is 6.29 Å². The maximum Gasteiger partial charge on any atom is 0.218 e. The second-order valence-corrected chi connectivity index (χ2v) is 4.04. The summed E-state index contributed by atoms with van der Waals surface area (Å²) in [6.45, 7) is 4.25. The van der Waals surface area contributed by atoms with Gasteiger partial charge in [0.2, 0.25) is 6.29 Å². The summed E-state index contributed by atoms with van der Waals surface area (Å²) in [4.78, 5) is 23.9. The zero-order valence-electron chi connectivity index (χ0n) is 12.0. The molecule has 5 nitrogen and oxygen atoms in total. The number of ketones is 2. The van der Waals surface area contributed by atoms with Gasteiger partial charge < -0.3 is 14.2 Å². The van der Waals surface area contributed by atoms with E-state index in [9.17, 15) is 9.59 Å². The zero-order chi connectivity index (χ0) is 15.0. The van der Waals surface area contributed by atoms with Gasteiger partial charge in [-0.15, -0.1) is 0 Å². The van der Waals surface area contributed by atoms with E-state index in [1.54, 1.807) is 45.2 Å². The Kier molecular flexibility index (Phi) is 6.90. The molecule has 0 heterocycles. The Morgan fingerprint density at radius 1 is 1.05 bits per heavy atom. The fraction of sp³-hybridized carbons (Fsp3) is 0.467. The Morgan fingerprint density at radius 2 is 1.60 bits per heavy atom. The first-order valence-electron chi connectivity index (χ1n) is 6.55. The molecule has 0 atom stereocenters. The van der Waals surface area contributed by atoms with Crippen LogP contribution >= 0.6 is 0 Å². The van der Waals surface area contributed by atoms with Gasteiger partial charge in [0, 0.05) is 18.8 Å². The second-order valence-electron chi connectivity index (χ2n) is 4.04. The number of rotatable bonds is 9. The van der Waals surface area contributed by atoms with Crippen molar-refractivity contribution < 1.29 is 23.8 Å². The van der Waals surface area contributed by atoms with Gasteiger partial charge in [-0.2, -0.15) is 0 Å². The number of hydrogen-bond donors (Lipinski definition) is 0. The standard InChI is InChI=1S/C15H20O5/c1-4-19-15(20-5-2)14(17)10-13(16)11-6-8-12(18-3)9-7-11/h6-9,15H,4-5,10H2,1-3H3. The Morgan fingerprint density at radius 3 is 2.05 bits per heavy atom. The molecule has 0 aromatic heterocycles. The molecule has 0 fully saturated rings. The molecule has 0 amide bonds. The highest BCUT2D eigenvalue weighted by Gasteiger charge is 2.22. The van der Waals surface area contributed by atoms with Crippen molar-refractivity contribution in [2.24, 2.45) is 0 Å². The van der Waals surface area contributed by atoms with Gasteiger partial charge in [-0.3, -0.25) is 9.59 Å². The van der Waals surface area contributed by atoms with E-state index in [1.807, 2.05) is 0 Å². The summed E-state index contributed by atoms with van der Waals surface area (Å²) < 4.78 is 15.4. The number of carbonyl (C=O) groups is 2. The molecule has 0 unspecified atom stereocenters. The highest BCUT2D eigenvalue weighted by molar-refractivity contribution is 6.08. The minimum Gasteiger partial charge on any atom is -0.497 e. The summed E-state index contributed by atoms with van der Waals surface area (Å²) in [5.74, 6) is 0.0333. The Hall–Kier alpha value is -1.72. The predicted octanol–water partition coefficient (Wildman–Crippen LogP) is 2.24. The van der Waals surface area contributed by atoms with E-state index in [0.29, 0.717) is 24.5 Å². The van der Waals surface area contributed by atoms with Crippen LogP contribution in [0.3, 0.4) is 0 Å². The van der Waals surface area contributed by atoms with Crippen LogP contribution in [0.4, 0.5) is 0 Å². The number of Topliss-reactive ketones (excluding diaryl/α,β-unsaturated/α-hetero) is 2. The number of hydrogen-bond acceptors (Lipinski definition) is 5. The minimum atomic E-state index is -0.966. The maximum absolute atomic E-state index is 12.0. The number of ether oxygens (including phenoxy) is 3. The predicted molar refractivity (Wildman–Crippen MR) is 74.0 cm³/mol. The number of carbonyl (C=O) groups excluding carboxylic acids is 2. The van der Waals surface area contributed by atoms with E-state index in [2.05, 4.69) is 0 Å². The van der Waals surface area contributed by atoms with Gasteiger partial charge in [-0.25, -0.2) is 0 Å². The molecule has 20 heavy (non-hydrogen) atoms. The number of benzene rings is 1. The SMILES string of the molecule is CCOC(OCC)C(=O)CC(=O)c1ccc(OC)cc1. The summed E-state index contributed by atoms with van der Waals surface area (Å²) in [5.41, 5.74) is 0.464. The summed E-state index contributed by atoms with van der Waals surface area (Å²) in [6.07, 6.45) is -1.20. The van der Waals surface area contributed by atoms with Crippen LogP contribution in [-0.4, -0.2) is 38.2 Å². The lowest BCUT2D eigenvalue weighted by molar-refractivity contribution is -0.166. The van der Waals surface area contributed by atoms with Gasteiger partial charge in [0.15, 0.2) is 11.6 Å². The fourth-order valence-electron chi connectivity index (χ4n) is 1.66. The highest BCUT2D eigenvalue weighted by atomic mass is 16.7. The van der Waals surface area contributed by atoms with E-state index in [4.69, 9.17) is 14.2 Å². The molecule has 0 radical (unpaired) electrons. The van der Waals surface area contributed by atoms with Crippen LogP contribution < -0.4 is 4.74 Å². The number of methoxy groups -OCH3 is 1. The van der Waals surface area contributed by atoms with Crippen molar-refractivity contribution >= 4 is 11.6 Å². The van der Waals surface area contributed by atoms with Crippen LogP contribution in [-0.2, 0) is 14.3 Å². The quantitative estimate of drug-likeness (QED) is 0.394. The van der Waals surface area contributed by atoms with E-state index in [1.165, 1.54) is 0 Å². The second kappa shape index (κ2) is 8.45. The topological polar surface area (TPSA) is 61.8 Å². The van der Waals surface area contributed by atoms with Crippen molar-refractivity contribution in [1.82, 2.24) is 0 Å². The average Bonchev–Trinajstić information content (AvgIpc) is 2.47. The molecule has 110 valence electrons. The van der Waals surface area contributed by atoms with Gasteiger partial charge in [-0.1, -0.05) is 0 Å². The van der Waals surface area contributed by atoms with Crippen molar-refractivity contribution in [3.8, 4) is 5.75 Å². The Labute approximate surface area is 118 Å². The Balaban J connectivity index is 2.65. The largest absolute Gasteiger partial charge is 0.497 e. The lowest BCUT2D eigenvalue weighted by atomic mass is 10.1. The van der Waals surface area contributed by atoms with Crippen molar-refractivity contribution in [2.45, 2.75) is 26.6 Å². The van der Waals surface area contributed by atoms with Gasteiger partial charge in [0.1, 0.15) is 5.75 Å². The van der Waals surface area contributed by atoms with Crippen LogP contribution in [0.1, 0.15) is 30.6 Å². The first kappa shape index (κ1) is 16.3. The van der Waals surface area contributed by atoms with E-state index >= 15 is 0 Å². The van der Waals surface area contributed by atoms with Crippen LogP contribution in [0.15, 0.2) is 24.3 Å². The van der Waals surface area contributed by atoms with Crippen molar-refractivity contribution in [3.63, 3.8) is 0 Å². The van der Waals surface area contributed by atoms with Gasteiger partial charge in [-0.05, 0) is 38.1 Å². The third-order valence-corrected chi connectivity index (χ3v) is 2.65. The highest BCUT2D eigenvalue weighted by Crippen LogP contribution is 2.13. The molecule has 1 aromatic rings. The molecular formula is C15H20O5. The van der Waals surface area contributed by atoms with Gasteiger partial charge in [0.05, 0.1) is 13.5 Å². The molecule has 1 aromatic carbocycles. The summed E-state index contributed by atoms with van der Waals surface area (Å²) in [6, 6.07) is 6.62. The molecule has 0 aliphatic heterocycles.